The van der Waals surface area contributed by atoms with E-state index in [1.807, 2.05) is 36.4 Å². The Morgan fingerprint density at radius 1 is 1.30 bits per heavy atom. The molecule has 2 aromatic rings. The first-order chi connectivity index (χ1) is 9.54. The molecule has 2 rings (SSSR count). The molecular weight excluding hydrogens is 278 g/mol. The Kier molecular flexibility index (Phi) is 4.86. The molecule has 2 nitrogen and oxygen atoms in total. The molecule has 0 aliphatic heterocycles. The van der Waals surface area contributed by atoms with Crippen molar-refractivity contribution < 1.29 is 8.78 Å². The van der Waals surface area contributed by atoms with Gasteiger partial charge in [-0.1, -0.05) is 6.07 Å². The van der Waals surface area contributed by atoms with Gasteiger partial charge >= 0.3 is 0 Å². The lowest BCUT2D eigenvalue weighted by Crippen LogP contribution is -2.33. The number of rotatable bonds is 5. The van der Waals surface area contributed by atoms with Crippen molar-refractivity contribution in [3.05, 3.63) is 57.8 Å². The van der Waals surface area contributed by atoms with Crippen LogP contribution in [0.5, 0.6) is 0 Å². The van der Waals surface area contributed by atoms with Gasteiger partial charge in [-0.25, -0.2) is 8.78 Å². The predicted molar refractivity (Wildman–Crippen MR) is 78.7 cm³/mol. The van der Waals surface area contributed by atoms with Crippen LogP contribution in [0.4, 0.5) is 8.78 Å². The highest BCUT2D eigenvalue weighted by Gasteiger charge is 2.24. The van der Waals surface area contributed by atoms with Gasteiger partial charge in [-0.2, -0.15) is 0 Å². The smallest absolute Gasteiger partial charge is 0.128 e. The van der Waals surface area contributed by atoms with Crippen molar-refractivity contribution in [2.75, 3.05) is 13.6 Å². The van der Waals surface area contributed by atoms with E-state index in [1.165, 1.54) is 10.9 Å². The normalized spacial score (nSPS) is 14.5. The fraction of sp³-hybridized carbons (Fsp3) is 0.333. The van der Waals surface area contributed by atoms with E-state index in [0.717, 1.165) is 12.1 Å². The Balaban J connectivity index is 2.29. The number of thiophene rings is 1. The van der Waals surface area contributed by atoms with Crippen LogP contribution in [0.15, 0.2) is 35.7 Å². The summed E-state index contributed by atoms with van der Waals surface area (Å²) >= 11 is 1.64. The molecular formula is C15H18F2N2S. The quantitative estimate of drug-likeness (QED) is 0.911. The summed E-state index contributed by atoms with van der Waals surface area (Å²) < 4.78 is 27.3. The number of benzene rings is 1. The molecule has 0 radical (unpaired) electrons. The molecule has 1 heterocycles. The summed E-state index contributed by atoms with van der Waals surface area (Å²) in [5.74, 6) is -0.871. The minimum atomic E-state index is -0.447. The van der Waals surface area contributed by atoms with Gasteiger partial charge in [0.05, 0.1) is 6.04 Å². The summed E-state index contributed by atoms with van der Waals surface area (Å²) in [6, 6.07) is 7.23. The zero-order valence-corrected chi connectivity index (χ0v) is 12.3. The maximum absolute atomic E-state index is 13.9. The van der Waals surface area contributed by atoms with Crippen molar-refractivity contribution in [2.24, 2.45) is 5.73 Å². The second kappa shape index (κ2) is 6.43. The maximum Gasteiger partial charge on any atom is 0.128 e. The number of nitrogens with zero attached hydrogens (tertiary/aromatic N) is 1. The van der Waals surface area contributed by atoms with E-state index in [1.54, 1.807) is 11.3 Å². The summed E-state index contributed by atoms with van der Waals surface area (Å²) in [6.45, 7) is 2.26. The standard InChI is InChI=1S/C15H18F2N2S/c1-10(15-4-3-7-20-15)19(2)14(9-18)12-8-11(16)5-6-13(12)17/h3-8,10,14H,9,18H2,1-2H3. The zero-order chi connectivity index (χ0) is 14.7. The first-order valence-corrected chi connectivity index (χ1v) is 7.33. The summed E-state index contributed by atoms with van der Waals surface area (Å²) in [5, 5.41) is 2.00. The number of hydrogen-bond acceptors (Lipinski definition) is 3. The number of hydrogen-bond donors (Lipinski definition) is 1. The van der Waals surface area contributed by atoms with Crippen LogP contribution < -0.4 is 5.73 Å². The molecule has 1 aromatic heterocycles. The van der Waals surface area contributed by atoms with Crippen molar-refractivity contribution >= 4 is 11.3 Å². The van der Waals surface area contributed by atoms with Crippen LogP contribution in [0.1, 0.15) is 29.4 Å². The van der Waals surface area contributed by atoms with E-state index in [2.05, 4.69) is 0 Å². The third kappa shape index (κ3) is 3.06. The summed E-state index contributed by atoms with van der Waals surface area (Å²) in [7, 11) is 1.88. The second-order valence-electron chi connectivity index (χ2n) is 4.77. The fourth-order valence-corrected chi connectivity index (χ4v) is 3.12. The molecule has 0 saturated heterocycles. The van der Waals surface area contributed by atoms with Gasteiger partial charge in [-0.3, -0.25) is 4.90 Å². The molecule has 2 unspecified atom stereocenters. The first-order valence-electron chi connectivity index (χ1n) is 6.45. The third-order valence-corrected chi connectivity index (χ3v) is 4.64. The van der Waals surface area contributed by atoms with Gasteiger partial charge in [0.25, 0.3) is 0 Å². The van der Waals surface area contributed by atoms with E-state index in [-0.39, 0.29) is 18.6 Å². The van der Waals surface area contributed by atoms with Crippen LogP contribution in [0.2, 0.25) is 0 Å². The molecule has 2 atom stereocenters. The molecule has 0 aliphatic rings. The Bertz CT molecular complexity index is 557. The van der Waals surface area contributed by atoms with Gasteiger partial charge in [-0.05, 0) is 43.6 Å². The predicted octanol–water partition coefficient (Wildman–Crippen LogP) is 3.72. The molecule has 0 fully saturated rings. The number of halogens is 2. The molecule has 0 amide bonds. The highest BCUT2D eigenvalue weighted by molar-refractivity contribution is 7.10. The fourth-order valence-electron chi connectivity index (χ4n) is 2.28. The van der Waals surface area contributed by atoms with E-state index >= 15 is 0 Å². The van der Waals surface area contributed by atoms with Crippen molar-refractivity contribution in [1.29, 1.82) is 0 Å². The third-order valence-electron chi connectivity index (χ3n) is 3.60. The number of nitrogens with two attached hydrogens (primary N) is 1. The summed E-state index contributed by atoms with van der Waals surface area (Å²) in [5.41, 5.74) is 6.09. The van der Waals surface area contributed by atoms with Crippen LogP contribution >= 0.6 is 11.3 Å². The molecule has 108 valence electrons. The average molecular weight is 296 g/mol. The highest BCUT2D eigenvalue weighted by Crippen LogP contribution is 2.31. The Morgan fingerprint density at radius 2 is 2.05 bits per heavy atom. The van der Waals surface area contributed by atoms with E-state index in [9.17, 15) is 8.78 Å². The van der Waals surface area contributed by atoms with Crippen molar-refractivity contribution in [2.45, 2.75) is 19.0 Å². The lowest BCUT2D eigenvalue weighted by Gasteiger charge is -2.32. The number of likely N-dealkylation sites (N-methyl/N-ethyl adjacent to an activating group) is 1. The SMILES string of the molecule is CC(c1cccs1)N(C)C(CN)c1cc(F)ccc1F. The molecule has 0 saturated carbocycles. The zero-order valence-electron chi connectivity index (χ0n) is 11.5. The van der Waals surface area contributed by atoms with Crippen LogP contribution in [0, 0.1) is 11.6 Å². The van der Waals surface area contributed by atoms with Crippen molar-refractivity contribution in [1.82, 2.24) is 4.90 Å². The second-order valence-corrected chi connectivity index (χ2v) is 5.75. The Hall–Kier alpha value is -1.30. The minimum Gasteiger partial charge on any atom is -0.329 e. The van der Waals surface area contributed by atoms with Crippen molar-refractivity contribution in [3.8, 4) is 0 Å². The Morgan fingerprint density at radius 3 is 2.65 bits per heavy atom. The maximum atomic E-state index is 13.9. The van der Waals surface area contributed by atoms with Crippen molar-refractivity contribution in [3.63, 3.8) is 0 Å². The van der Waals surface area contributed by atoms with Crippen LogP contribution in [-0.4, -0.2) is 18.5 Å². The molecule has 5 heteroatoms. The van der Waals surface area contributed by atoms with Gasteiger partial charge < -0.3 is 5.73 Å². The molecule has 20 heavy (non-hydrogen) atoms. The topological polar surface area (TPSA) is 29.3 Å². The largest absolute Gasteiger partial charge is 0.329 e. The molecule has 0 bridgehead atoms. The summed E-state index contributed by atoms with van der Waals surface area (Å²) in [6.07, 6.45) is 0. The summed E-state index contributed by atoms with van der Waals surface area (Å²) in [4.78, 5) is 3.15. The van der Waals surface area contributed by atoms with Crippen LogP contribution in [0.3, 0.4) is 0 Å². The average Bonchev–Trinajstić information content (AvgIpc) is 2.96. The van der Waals surface area contributed by atoms with Gasteiger partial charge in [0.1, 0.15) is 11.6 Å². The van der Waals surface area contributed by atoms with Gasteiger partial charge in [-0.15, -0.1) is 11.3 Å². The highest BCUT2D eigenvalue weighted by atomic mass is 32.1. The van der Waals surface area contributed by atoms with E-state index in [0.29, 0.717) is 5.56 Å². The lowest BCUT2D eigenvalue weighted by molar-refractivity contribution is 0.189. The monoisotopic (exact) mass is 296 g/mol. The molecule has 0 spiro atoms. The lowest BCUT2D eigenvalue weighted by atomic mass is 10.0. The van der Waals surface area contributed by atoms with Gasteiger partial charge in [0.15, 0.2) is 0 Å². The molecule has 1 aromatic carbocycles. The molecule has 2 N–H and O–H groups in total. The van der Waals surface area contributed by atoms with E-state index in [4.69, 9.17) is 5.73 Å². The van der Waals surface area contributed by atoms with Gasteiger partial charge in [0.2, 0.25) is 0 Å². The minimum absolute atomic E-state index is 0.0891. The van der Waals surface area contributed by atoms with Crippen LogP contribution in [-0.2, 0) is 0 Å². The van der Waals surface area contributed by atoms with Gasteiger partial charge in [0, 0.05) is 23.0 Å². The molecule has 0 aliphatic carbocycles. The van der Waals surface area contributed by atoms with E-state index < -0.39 is 11.6 Å². The van der Waals surface area contributed by atoms with Crippen LogP contribution in [0.25, 0.3) is 0 Å². The Labute approximate surface area is 121 Å². The first kappa shape index (κ1) is 15.1.